The number of fused-ring (bicyclic) bond motifs is 1. The zero-order valence-electron chi connectivity index (χ0n) is 20.4. The summed E-state index contributed by atoms with van der Waals surface area (Å²) < 4.78 is 28.7. The van der Waals surface area contributed by atoms with Crippen molar-refractivity contribution < 1.29 is 13.2 Å². The molecule has 0 aliphatic heterocycles. The SMILES string of the molecule is CNS(=O)(=O)c1cc(-c2nn([C@H](C)C(=O)Nc3ccccc3C)c(=O)c3c2CCCC3)ccc1C. The molecule has 1 aliphatic rings. The number of benzene rings is 2. The summed E-state index contributed by atoms with van der Waals surface area (Å²) in [5.74, 6) is -0.349. The first kappa shape index (κ1) is 24.8. The fourth-order valence-corrected chi connectivity index (χ4v) is 5.45. The van der Waals surface area contributed by atoms with Crippen LogP contribution in [0.2, 0.25) is 0 Å². The monoisotopic (exact) mass is 494 g/mol. The number of anilines is 1. The maximum Gasteiger partial charge on any atom is 0.271 e. The molecule has 4 rings (SSSR count). The first-order chi connectivity index (χ1) is 16.6. The van der Waals surface area contributed by atoms with Crippen LogP contribution in [0.5, 0.6) is 0 Å². The number of amides is 1. The Labute approximate surface area is 205 Å². The molecule has 2 aromatic carbocycles. The second-order valence-corrected chi connectivity index (χ2v) is 10.8. The van der Waals surface area contributed by atoms with E-state index in [1.165, 1.54) is 11.7 Å². The van der Waals surface area contributed by atoms with E-state index in [0.29, 0.717) is 40.9 Å². The lowest BCUT2D eigenvalue weighted by molar-refractivity contribution is -0.119. The van der Waals surface area contributed by atoms with Crippen LogP contribution < -0.4 is 15.6 Å². The molecule has 0 spiro atoms. The van der Waals surface area contributed by atoms with Crippen molar-refractivity contribution in [1.82, 2.24) is 14.5 Å². The second kappa shape index (κ2) is 9.75. The summed E-state index contributed by atoms with van der Waals surface area (Å²) in [4.78, 5) is 26.7. The molecular formula is C26H30N4O4S. The summed E-state index contributed by atoms with van der Waals surface area (Å²) >= 11 is 0. The minimum Gasteiger partial charge on any atom is -0.324 e. The van der Waals surface area contributed by atoms with Crippen molar-refractivity contribution in [3.63, 3.8) is 0 Å². The standard InChI is InChI=1S/C26H30N4O4S/c1-16-9-5-8-12-22(16)28-25(31)18(3)30-26(32)21-11-7-6-10-20(21)24(29-30)19-14-13-17(2)23(15-19)35(33,34)27-4/h5,8-9,12-15,18,27H,6-7,10-11H2,1-4H3,(H,28,31)/t18-/m1/s1. The molecule has 1 atom stereocenters. The molecule has 3 aromatic rings. The Bertz CT molecular complexity index is 1460. The first-order valence-corrected chi connectivity index (χ1v) is 13.2. The molecule has 0 bridgehead atoms. The van der Waals surface area contributed by atoms with Crippen molar-refractivity contribution in [3.05, 3.63) is 75.1 Å². The van der Waals surface area contributed by atoms with Crippen LogP contribution in [0.3, 0.4) is 0 Å². The van der Waals surface area contributed by atoms with Crippen molar-refractivity contribution in [2.75, 3.05) is 12.4 Å². The third-order valence-corrected chi connectivity index (χ3v) is 8.15. The van der Waals surface area contributed by atoms with Gasteiger partial charge in [-0.05, 0) is 82.3 Å². The van der Waals surface area contributed by atoms with Gasteiger partial charge in [0.05, 0.1) is 10.6 Å². The minimum absolute atomic E-state index is 0.159. The summed E-state index contributed by atoms with van der Waals surface area (Å²) in [5.41, 5.74) is 4.55. The largest absolute Gasteiger partial charge is 0.324 e. The highest BCUT2D eigenvalue weighted by molar-refractivity contribution is 7.89. The van der Waals surface area contributed by atoms with Crippen molar-refractivity contribution >= 4 is 21.6 Å². The van der Waals surface area contributed by atoms with Gasteiger partial charge in [0.1, 0.15) is 6.04 Å². The Kier molecular flexibility index (Phi) is 6.91. The van der Waals surface area contributed by atoms with Gasteiger partial charge in [-0.1, -0.05) is 30.3 Å². The molecule has 184 valence electrons. The number of aryl methyl sites for hydroxylation is 2. The molecular weight excluding hydrogens is 464 g/mol. The zero-order valence-corrected chi connectivity index (χ0v) is 21.2. The van der Waals surface area contributed by atoms with Crippen LogP contribution in [0.1, 0.15) is 48.1 Å². The Balaban J connectivity index is 1.83. The van der Waals surface area contributed by atoms with Crippen LogP contribution in [0.15, 0.2) is 52.2 Å². The third-order valence-electron chi connectivity index (χ3n) is 6.60. The van der Waals surface area contributed by atoms with Crippen LogP contribution in [-0.2, 0) is 27.7 Å². The quantitative estimate of drug-likeness (QED) is 0.545. The van der Waals surface area contributed by atoms with E-state index in [1.807, 2.05) is 37.3 Å². The predicted molar refractivity (Wildman–Crippen MR) is 136 cm³/mol. The van der Waals surface area contributed by atoms with E-state index < -0.39 is 16.1 Å². The lowest BCUT2D eigenvalue weighted by Gasteiger charge is -2.23. The Morgan fingerprint density at radius 1 is 1.03 bits per heavy atom. The molecule has 1 heterocycles. The molecule has 0 unspecified atom stereocenters. The molecule has 0 radical (unpaired) electrons. The Morgan fingerprint density at radius 2 is 1.71 bits per heavy atom. The number of rotatable bonds is 6. The number of hydrogen-bond acceptors (Lipinski definition) is 5. The highest BCUT2D eigenvalue weighted by Crippen LogP contribution is 2.31. The number of para-hydroxylation sites is 1. The van der Waals surface area contributed by atoms with Gasteiger partial charge in [0, 0.05) is 16.8 Å². The van der Waals surface area contributed by atoms with E-state index in [0.717, 1.165) is 24.0 Å². The van der Waals surface area contributed by atoms with Gasteiger partial charge in [0.2, 0.25) is 15.9 Å². The number of hydrogen-bond donors (Lipinski definition) is 2. The molecule has 0 fully saturated rings. The molecule has 35 heavy (non-hydrogen) atoms. The fraction of sp³-hybridized carbons (Fsp3) is 0.346. The van der Waals surface area contributed by atoms with Gasteiger partial charge in [0.15, 0.2) is 0 Å². The van der Waals surface area contributed by atoms with Gasteiger partial charge in [-0.2, -0.15) is 5.10 Å². The number of carbonyl (C=O) groups excluding carboxylic acids is 1. The molecule has 8 nitrogen and oxygen atoms in total. The summed E-state index contributed by atoms with van der Waals surface area (Å²) in [6.45, 7) is 5.28. The van der Waals surface area contributed by atoms with Crippen LogP contribution >= 0.6 is 0 Å². The summed E-state index contributed by atoms with van der Waals surface area (Å²) in [6.07, 6.45) is 3.08. The third kappa shape index (κ3) is 4.78. The van der Waals surface area contributed by atoms with E-state index in [9.17, 15) is 18.0 Å². The average molecular weight is 495 g/mol. The highest BCUT2D eigenvalue weighted by atomic mass is 32.2. The number of carbonyl (C=O) groups is 1. The number of nitrogens with zero attached hydrogens (tertiary/aromatic N) is 2. The molecule has 1 aliphatic carbocycles. The molecule has 1 aromatic heterocycles. The van der Waals surface area contributed by atoms with E-state index in [4.69, 9.17) is 0 Å². The Hall–Kier alpha value is -3.30. The zero-order chi connectivity index (χ0) is 25.3. The van der Waals surface area contributed by atoms with Crippen molar-refractivity contribution in [2.45, 2.75) is 57.4 Å². The van der Waals surface area contributed by atoms with E-state index >= 15 is 0 Å². The minimum atomic E-state index is -3.68. The van der Waals surface area contributed by atoms with Crippen LogP contribution in [0.4, 0.5) is 5.69 Å². The number of nitrogens with one attached hydrogen (secondary N) is 2. The summed E-state index contributed by atoms with van der Waals surface area (Å²) in [7, 11) is -2.31. The highest BCUT2D eigenvalue weighted by Gasteiger charge is 2.27. The van der Waals surface area contributed by atoms with Gasteiger partial charge >= 0.3 is 0 Å². The lowest BCUT2D eigenvalue weighted by Crippen LogP contribution is -2.37. The van der Waals surface area contributed by atoms with Crippen molar-refractivity contribution in [3.8, 4) is 11.3 Å². The summed E-state index contributed by atoms with van der Waals surface area (Å²) in [5, 5.41) is 7.54. The van der Waals surface area contributed by atoms with Gasteiger partial charge in [-0.15, -0.1) is 0 Å². The van der Waals surface area contributed by atoms with E-state index in [1.54, 1.807) is 26.0 Å². The smallest absolute Gasteiger partial charge is 0.271 e. The second-order valence-electron chi connectivity index (χ2n) is 8.93. The van der Waals surface area contributed by atoms with E-state index in [-0.39, 0.29) is 16.4 Å². The average Bonchev–Trinajstić information content (AvgIpc) is 2.85. The van der Waals surface area contributed by atoms with Gasteiger partial charge < -0.3 is 5.32 Å². The topological polar surface area (TPSA) is 110 Å². The number of aromatic nitrogens is 2. The lowest BCUT2D eigenvalue weighted by atomic mass is 9.89. The van der Waals surface area contributed by atoms with Crippen molar-refractivity contribution in [1.29, 1.82) is 0 Å². The summed E-state index contributed by atoms with van der Waals surface area (Å²) in [6, 6.07) is 11.7. The number of sulfonamides is 1. The Morgan fingerprint density at radius 3 is 2.40 bits per heavy atom. The molecule has 9 heteroatoms. The first-order valence-electron chi connectivity index (χ1n) is 11.7. The molecule has 0 saturated heterocycles. The normalized spacial score (nSPS) is 14.3. The molecule has 1 amide bonds. The predicted octanol–water partition coefficient (Wildman–Crippen LogP) is 3.51. The van der Waals surface area contributed by atoms with Gasteiger partial charge in [-0.3, -0.25) is 9.59 Å². The van der Waals surface area contributed by atoms with Crippen LogP contribution in [-0.4, -0.2) is 31.2 Å². The van der Waals surface area contributed by atoms with Crippen LogP contribution in [0.25, 0.3) is 11.3 Å². The van der Waals surface area contributed by atoms with Crippen LogP contribution in [0, 0.1) is 13.8 Å². The maximum absolute atomic E-state index is 13.4. The molecule has 0 saturated carbocycles. The van der Waals surface area contributed by atoms with Gasteiger partial charge in [-0.25, -0.2) is 17.8 Å². The van der Waals surface area contributed by atoms with Gasteiger partial charge in [0.25, 0.3) is 5.56 Å². The fourth-order valence-electron chi connectivity index (χ4n) is 4.46. The van der Waals surface area contributed by atoms with Crippen molar-refractivity contribution in [2.24, 2.45) is 0 Å². The van der Waals surface area contributed by atoms with E-state index in [2.05, 4.69) is 15.1 Å². The molecule has 2 N–H and O–H groups in total. The maximum atomic E-state index is 13.4.